The van der Waals surface area contributed by atoms with Gasteiger partial charge in [0.15, 0.2) is 0 Å². The number of methoxy groups -OCH3 is 1. The minimum atomic E-state index is -0.249. The monoisotopic (exact) mass is 581 g/mol. The van der Waals surface area contributed by atoms with Crippen LogP contribution in [0.25, 0.3) is 20.8 Å². The maximum Gasteiger partial charge on any atom is 0.260 e. The van der Waals surface area contributed by atoms with Gasteiger partial charge in [0.05, 0.1) is 22.9 Å². The second kappa shape index (κ2) is 11.4. The van der Waals surface area contributed by atoms with Crippen molar-refractivity contribution in [3.63, 3.8) is 0 Å². The van der Waals surface area contributed by atoms with Gasteiger partial charge >= 0.3 is 0 Å². The van der Waals surface area contributed by atoms with E-state index in [1.165, 1.54) is 16.0 Å². The SMILES string of the molecule is COc1ccc(Cl)cc1C(=O)Nc1sc2c(c1-c1nc3ccccc3s1)CCN(Cc1ccccc1)C2.Cl. The second-order valence-corrected chi connectivity index (χ2v) is 11.5. The van der Waals surface area contributed by atoms with Crippen molar-refractivity contribution in [2.45, 2.75) is 19.5 Å². The van der Waals surface area contributed by atoms with Gasteiger partial charge in [-0.15, -0.1) is 35.1 Å². The van der Waals surface area contributed by atoms with E-state index in [4.69, 9.17) is 21.3 Å². The predicted octanol–water partition coefficient (Wildman–Crippen LogP) is 7.92. The standard InChI is InChI=1S/C29H24ClN3O2S2.ClH/c1-35-23-12-11-19(30)15-21(23)27(34)32-29-26(28-31-22-9-5-6-10-24(22)36-28)20-13-14-33(17-25(20)37-29)16-18-7-3-2-4-8-18;/h2-12,15H,13-14,16-17H2,1H3,(H,32,34);1H. The van der Waals surface area contributed by atoms with Crippen molar-refractivity contribution >= 4 is 67.8 Å². The molecule has 38 heavy (non-hydrogen) atoms. The van der Waals surface area contributed by atoms with Crippen LogP contribution in [-0.2, 0) is 19.5 Å². The van der Waals surface area contributed by atoms with Gasteiger partial charge in [0.1, 0.15) is 15.8 Å². The highest BCUT2D eigenvalue weighted by Gasteiger charge is 2.28. The van der Waals surface area contributed by atoms with Crippen LogP contribution in [0.1, 0.15) is 26.4 Å². The molecular formula is C29H25Cl2N3O2S2. The van der Waals surface area contributed by atoms with Gasteiger partial charge in [0, 0.05) is 35.1 Å². The molecule has 0 atom stereocenters. The number of para-hydroxylation sites is 1. The van der Waals surface area contributed by atoms with E-state index in [0.717, 1.165) is 51.8 Å². The van der Waals surface area contributed by atoms with Crippen LogP contribution in [0, 0.1) is 0 Å². The molecule has 1 aliphatic heterocycles. The summed E-state index contributed by atoms with van der Waals surface area (Å²) in [4.78, 5) is 22.1. The number of nitrogens with one attached hydrogen (secondary N) is 1. The Morgan fingerprint density at radius 3 is 2.66 bits per heavy atom. The molecule has 1 N–H and O–H groups in total. The van der Waals surface area contributed by atoms with E-state index in [2.05, 4.69) is 40.5 Å². The van der Waals surface area contributed by atoms with Crippen LogP contribution in [0.3, 0.4) is 0 Å². The summed E-state index contributed by atoms with van der Waals surface area (Å²) in [5.41, 5.74) is 4.99. The zero-order valence-corrected chi connectivity index (χ0v) is 23.8. The van der Waals surface area contributed by atoms with Gasteiger partial charge in [0.25, 0.3) is 5.91 Å². The normalized spacial score (nSPS) is 13.1. The highest BCUT2D eigenvalue weighted by molar-refractivity contribution is 7.23. The van der Waals surface area contributed by atoms with Crippen LogP contribution >= 0.6 is 46.7 Å². The molecule has 6 rings (SSSR count). The lowest BCUT2D eigenvalue weighted by atomic mass is 10.0. The fraction of sp³-hybridized carbons (Fsp3) is 0.172. The number of carbonyl (C=O) groups excluding carboxylic acids is 1. The van der Waals surface area contributed by atoms with Crippen LogP contribution in [0.5, 0.6) is 5.75 Å². The zero-order chi connectivity index (χ0) is 25.4. The van der Waals surface area contributed by atoms with Crippen LogP contribution < -0.4 is 10.1 Å². The Kier molecular flexibility index (Phi) is 8.02. The molecule has 1 aliphatic rings. The highest BCUT2D eigenvalue weighted by atomic mass is 35.5. The molecule has 0 radical (unpaired) electrons. The van der Waals surface area contributed by atoms with Gasteiger partial charge in [-0.05, 0) is 47.9 Å². The van der Waals surface area contributed by atoms with E-state index < -0.39 is 0 Å². The molecule has 0 spiro atoms. The van der Waals surface area contributed by atoms with Crippen LogP contribution in [0.4, 0.5) is 5.00 Å². The minimum Gasteiger partial charge on any atom is -0.496 e. The van der Waals surface area contributed by atoms with E-state index in [0.29, 0.717) is 16.3 Å². The van der Waals surface area contributed by atoms with E-state index in [-0.39, 0.29) is 18.3 Å². The Morgan fingerprint density at radius 2 is 1.87 bits per heavy atom. The third-order valence-corrected chi connectivity index (χ3v) is 8.95. The van der Waals surface area contributed by atoms with Crippen LogP contribution in [0.15, 0.2) is 72.8 Å². The van der Waals surface area contributed by atoms with Gasteiger partial charge in [-0.2, -0.15) is 0 Å². The van der Waals surface area contributed by atoms with E-state index in [1.807, 2.05) is 24.3 Å². The van der Waals surface area contributed by atoms with Crippen molar-refractivity contribution in [1.82, 2.24) is 9.88 Å². The number of aromatic nitrogens is 1. The summed E-state index contributed by atoms with van der Waals surface area (Å²) in [5, 5.41) is 5.42. The summed E-state index contributed by atoms with van der Waals surface area (Å²) in [6.45, 7) is 2.69. The molecule has 5 nitrogen and oxygen atoms in total. The van der Waals surface area contributed by atoms with Gasteiger partial charge in [-0.3, -0.25) is 9.69 Å². The number of hydrogen-bond donors (Lipinski definition) is 1. The Balaban J connectivity index is 0.00000294. The van der Waals surface area contributed by atoms with Gasteiger partial charge in [0.2, 0.25) is 0 Å². The van der Waals surface area contributed by atoms with Crippen molar-refractivity contribution in [2.75, 3.05) is 19.0 Å². The number of rotatable bonds is 6. The van der Waals surface area contributed by atoms with Gasteiger partial charge in [-0.25, -0.2) is 4.98 Å². The van der Waals surface area contributed by atoms with Gasteiger partial charge in [-0.1, -0.05) is 54.1 Å². The number of anilines is 1. The highest BCUT2D eigenvalue weighted by Crippen LogP contribution is 2.46. The lowest BCUT2D eigenvalue weighted by molar-refractivity contribution is 0.102. The van der Waals surface area contributed by atoms with E-state index in [9.17, 15) is 4.79 Å². The summed E-state index contributed by atoms with van der Waals surface area (Å²) in [6.07, 6.45) is 0.903. The van der Waals surface area contributed by atoms with E-state index in [1.54, 1.807) is 48.0 Å². The Bertz CT molecular complexity index is 1570. The Labute approximate surface area is 240 Å². The first-order chi connectivity index (χ1) is 18.1. The summed E-state index contributed by atoms with van der Waals surface area (Å²) in [7, 11) is 1.55. The smallest absolute Gasteiger partial charge is 0.260 e. The molecule has 0 unspecified atom stereocenters. The first-order valence-electron chi connectivity index (χ1n) is 12.0. The number of nitrogens with zero attached hydrogens (tertiary/aromatic N) is 2. The predicted molar refractivity (Wildman–Crippen MR) is 160 cm³/mol. The van der Waals surface area contributed by atoms with Crippen LogP contribution in [-0.4, -0.2) is 29.4 Å². The average molecular weight is 583 g/mol. The quantitative estimate of drug-likeness (QED) is 0.221. The number of thiophene rings is 1. The molecule has 0 saturated heterocycles. The molecule has 0 aliphatic carbocycles. The maximum absolute atomic E-state index is 13.4. The number of fused-ring (bicyclic) bond motifs is 2. The fourth-order valence-electron chi connectivity index (χ4n) is 4.75. The van der Waals surface area contributed by atoms with E-state index >= 15 is 0 Å². The molecule has 0 bridgehead atoms. The molecule has 3 heterocycles. The Morgan fingerprint density at radius 1 is 1.08 bits per heavy atom. The maximum atomic E-state index is 13.4. The fourth-order valence-corrected chi connectivity index (χ4v) is 7.32. The van der Waals surface area contributed by atoms with Crippen molar-refractivity contribution in [3.05, 3.63) is 99.4 Å². The van der Waals surface area contributed by atoms with Crippen molar-refractivity contribution in [3.8, 4) is 16.3 Å². The zero-order valence-electron chi connectivity index (χ0n) is 20.6. The third kappa shape index (κ3) is 5.30. The van der Waals surface area contributed by atoms with Crippen molar-refractivity contribution in [2.24, 2.45) is 0 Å². The number of carbonyl (C=O) groups is 1. The molecule has 0 saturated carbocycles. The lowest BCUT2D eigenvalue weighted by Crippen LogP contribution is -2.29. The first-order valence-corrected chi connectivity index (χ1v) is 14.0. The number of hydrogen-bond acceptors (Lipinski definition) is 6. The summed E-state index contributed by atoms with van der Waals surface area (Å²) in [5.74, 6) is 0.236. The molecule has 9 heteroatoms. The molecule has 194 valence electrons. The number of benzene rings is 3. The number of halogens is 2. The largest absolute Gasteiger partial charge is 0.496 e. The lowest BCUT2D eigenvalue weighted by Gasteiger charge is -2.27. The number of ether oxygens (including phenoxy) is 1. The molecule has 3 aromatic carbocycles. The summed E-state index contributed by atoms with van der Waals surface area (Å²) < 4.78 is 6.57. The third-order valence-electron chi connectivity index (χ3n) is 6.53. The Hall–Kier alpha value is -2.94. The first kappa shape index (κ1) is 26.7. The molecule has 5 aromatic rings. The molecule has 1 amide bonds. The number of thiazole rings is 1. The van der Waals surface area contributed by atoms with Crippen molar-refractivity contribution in [1.29, 1.82) is 0 Å². The average Bonchev–Trinajstić information content (AvgIpc) is 3.49. The van der Waals surface area contributed by atoms with Crippen LogP contribution in [0.2, 0.25) is 5.02 Å². The second-order valence-electron chi connectivity index (χ2n) is 8.94. The molecular weight excluding hydrogens is 557 g/mol. The number of amides is 1. The van der Waals surface area contributed by atoms with Gasteiger partial charge < -0.3 is 10.1 Å². The molecule has 0 fully saturated rings. The van der Waals surface area contributed by atoms with Crippen molar-refractivity contribution < 1.29 is 9.53 Å². The molecule has 2 aromatic heterocycles. The summed E-state index contributed by atoms with van der Waals surface area (Å²) >= 11 is 9.52. The topological polar surface area (TPSA) is 54.5 Å². The minimum absolute atomic E-state index is 0. The summed E-state index contributed by atoms with van der Waals surface area (Å²) in [6, 6.07) is 23.8.